The molecule has 92 valence electrons. The summed E-state index contributed by atoms with van der Waals surface area (Å²) in [4.78, 5) is 0. The summed E-state index contributed by atoms with van der Waals surface area (Å²) in [5, 5.41) is 3.72. The molecule has 0 aliphatic carbocycles. The molecule has 1 aromatic carbocycles. The number of nitrogens with one attached hydrogen (secondary N) is 3. The van der Waals surface area contributed by atoms with Gasteiger partial charge in [0.25, 0.3) is 0 Å². The first kappa shape index (κ1) is 12.1. The van der Waals surface area contributed by atoms with Gasteiger partial charge in [0.15, 0.2) is 5.11 Å². The number of hydrogen-bond acceptors (Lipinski definition) is 3. The van der Waals surface area contributed by atoms with Crippen LogP contribution in [0, 0.1) is 0 Å². The molecule has 3 N–H and O–H groups in total. The van der Waals surface area contributed by atoms with Crippen molar-refractivity contribution in [2.24, 2.45) is 0 Å². The molecule has 0 unspecified atom stereocenters. The van der Waals surface area contributed by atoms with Gasteiger partial charge in [-0.25, -0.2) is 0 Å². The maximum atomic E-state index is 5.50. The van der Waals surface area contributed by atoms with Gasteiger partial charge in [0.05, 0.1) is 11.8 Å². The maximum absolute atomic E-state index is 5.50. The van der Waals surface area contributed by atoms with Gasteiger partial charge < -0.3 is 10.1 Å². The van der Waals surface area contributed by atoms with Gasteiger partial charge >= 0.3 is 0 Å². The number of para-hydroxylation sites is 1. The zero-order valence-electron chi connectivity index (χ0n) is 9.61. The van der Waals surface area contributed by atoms with Gasteiger partial charge in [0.2, 0.25) is 0 Å². The largest absolute Gasteiger partial charge is 0.376 e. The SMILES string of the molecule is S=C(NC[C@@H]1CCCO1)NNc1ccccc1. The second-order valence-corrected chi connectivity index (χ2v) is 4.37. The Morgan fingerprint density at radius 1 is 1.35 bits per heavy atom. The van der Waals surface area contributed by atoms with Gasteiger partial charge in [-0.15, -0.1) is 0 Å². The van der Waals surface area contributed by atoms with Crippen LogP contribution in [0.2, 0.25) is 0 Å². The van der Waals surface area contributed by atoms with Gasteiger partial charge in [0, 0.05) is 13.2 Å². The molecule has 0 radical (unpaired) electrons. The molecule has 17 heavy (non-hydrogen) atoms. The molecular weight excluding hydrogens is 234 g/mol. The Morgan fingerprint density at radius 2 is 2.18 bits per heavy atom. The fourth-order valence-corrected chi connectivity index (χ4v) is 1.84. The molecule has 0 saturated carbocycles. The van der Waals surface area contributed by atoms with Crippen molar-refractivity contribution >= 4 is 23.0 Å². The number of thiocarbonyl (C=S) groups is 1. The van der Waals surface area contributed by atoms with Crippen molar-refractivity contribution in [1.82, 2.24) is 10.7 Å². The number of hydrogen-bond donors (Lipinski definition) is 3. The third-order valence-electron chi connectivity index (χ3n) is 2.61. The van der Waals surface area contributed by atoms with Crippen LogP contribution >= 0.6 is 12.2 Å². The summed E-state index contributed by atoms with van der Waals surface area (Å²) in [6.45, 7) is 1.64. The highest BCUT2D eigenvalue weighted by atomic mass is 32.1. The van der Waals surface area contributed by atoms with E-state index in [-0.39, 0.29) is 0 Å². The summed E-state index contributed by atoms with van der Waals surface area (Å²) in [7, 11) is 0. The zero-order chi connectivity index (χ0) is 11.9. The minimum Gasteiger partial charge on any atom is -0.376 e. The lowest BCUT2D eigenvalue weighted by atomic mass is 10.2. The molecule has 1 aliphatic rings. The molecular formula is C12H17N3OS. The smallest absolute Gasteiger partial charge is 0.185 e. The van der Waals surface area contributed by atoms with E-state index in [0.717, 1.165) is 31.7 Å². The third-order valence-corrected chi connectivity index (χ3v) is 2.85. The number of hydrazine groups is 1. The van der Waals surface area contributed by atoms with E-state index in [4.69, 9.17) is 17.0 Å². The Labute approximate surface area is 107 Å². The third kappa shape index (κ3) is 4.20. The van der Waals surface area contributed by atoms with Crippen LogP contribution in [-0.4, -0.2) is 24.4 Å². The summed E-state index contributed by atoms with van der Waals surface area (Å²) in [6, 6.07) is 9.84. The normalized spacial score (nSPS) is 18.7. The van der Waals surface area contributed by atoms with Gasteiger partial charge in [-0.05, 0) is 37.2 Å². The Morgan fingerprint density at radius 3 is 2.88 bits per heavy atom. The summed E-state index contributed by atoms with van der Waals surface area (Å²) >= 11 is 5.15. The zero-order valence-corrected chi connectivity index (χ0v) is 10.4. The average Bonchev–Trinajstić information content (AvgIpc) is 2.88. The Balaban J connectivity index is 1.64. The van der Waals surface area contributed by atoms with E-state index in [0.29, 0.717) is 11.2 Å². The van der Waals surface area contributed by atoms with Crippen molar-refractivity contribution in [1.29, 1.82) is 0 Å². The summed E-state index contributed by atoms with van der Waals surface area (Å²) in [5.41, 5.74) is 6.94. The molecule has 5 heteroatoms. The maximum Gasteiger partial charge on any atom is 0.185 e. The molecule has 0 aromatic heterocycles. The van der Waals surface area contributed by atoms with Crippen LogP contribution in [0.15, 0.2) is 30.3 Å². The number of benzene rings is 1. The topological polar surface area (TPSA) is 45.3 Å². The quantitative estimate of drug-likeness (QED) is 0.561. The molecule has 0 bridgehead atoms. The molecule has 1 aromatic rings. The Kier molecular flexibility index (Phi) is 4.58. The van der Waals surface area contributed by atoms with Gasteiger partial charge in [-0.2, -0.15) is 0 Å². The summed E-state index contributed by atoms with van der Waals surface area (Å²) < 4.78 is 5.50. The summed E-state index contributed by atoms with van der Waals surface area (Å²) in [6.07, 6.45) is 2.56. The van der Waals surface area contributed by atoms with Crippen molar-refractivity contribution in [2.45, 2.75) is 18.9 Å². The lowest BCUT2D eigenvalue weighted by Crippen LogP contribution is -2.41. The molecule has 1 heterocycles. The minimum absolute atomic E-state index is 0.298. The van der Waals surface area contributed by atoms with Crippen LogP contribution in [0.25, 0.3) is 0 Å². The van der Waals surface area contributed by atoms with E-state index in [9.17, 15) is 0 Å². The van der Waals surface area contributed by atoms with E-state index in [1.807, 2.05) is 30.3 Å². The van der Waals surface area contributed by atoms with Crippen LogP contribution in [0.3, 0.4) is 0 Å². The average molecular weight is 251 g/mol. The second kappa shape index (κ2) is 6.42. The van der Waals surface area contributed by atoms with E-state index < -0.39 is 0 Å². The molecule has 1 fully saturated rings. The van der Waals surface area contributed by atoms with Crippen LogP contribution in [0.1, 0.15) is 12.8 Å². The van der Waals surface area contributed by atoms with Crippen molar-refractivity contribution in [3.63, 3.8) is 0 Å². The van der Waals surface area contributed by atoms with Crippen molar-refractivity contribution in [2.75, 3.05) is 18.6 Å². The fourth-order valence-electron chi connectivity index (χ4n) is 1.71. The number of ether oxygens (including phenoxy) is 1. The highest BCUT2D eigenvalue weighted by molar-refractivity contribution is 7.80. The van der Waals surface area contributed by atoms with Crippen molar-refractivity contribution in [3.05, 3.63) is 30.3 Å². The van der Waals surface area contributed by atoms with E-state index in [2.05, 4.69) is 16.2 Å². The first-order valence-corrected chi connectivity index (χ1v) is 6.22. The summed E-state index contributed by atoms with van der Waals surface area (Å²) in [5.74, 6) is 0. The van der Waals surface area contributed by atoms with Gasteiger partial charge in [-0.1, -0.05) is 18.2 Å². The molecule has 1 saturated heterocycles. The molecule has 1 atom stereocenters. The predicted octanol–water partition coefficient (Wildman–Crippen LogP) is 1.66. The van der Waals surface area contributed by atoms with E-state index >= 15 is 0 Å². The van der Waals surface area contributed by atoms with Crippen LogP contribution in [0.5, 0.6) is 0 Å². The highest BCUT2D eigenvalue weighted by Crippen LogP contribution is 2.10. The predicted molar refractivity (Wildman–Crippen MR) is 72.8 cm³/mol. The fraction of sp³-hybridized carbons (Fsp3) is 0.417. The first-order valence-electron chi connectivity index (χ1n) is 5.81. The Bertz CT molecular complexity index is 352. The van der Waals surface area contributed by atoms with E-state index in [1.165, 1.54) is 0 Å². The monoisotopic (exact) mass is 251 g/mol. The van der Waals surface area contributed by atoms with Crippen molar-refractivity contribution in [3.8, 4) is 0 Å². The molecule has 0 spiro atoms. The first-order chi connectivity index (χ1) is 8.34. The molecule has 4 nitrogen and oxygen atoms in total. The van der Waals surface area contributed by atoms with Gasteiger partial charge in [0.1, 0.15) is 0 Å². The minimum atomic E-state index is 0.298. The molecule has 0 amide bonds. The van der Waals surface area contributed by atoms with Crippen molar-refractivity contribution < 1.29 is 4.74 Å². The van der Waals surface area contributed by atoms with E-state index in [1.54, 1.807) is 0 Å². The highest BCUT2D eigenvalue weighted by Gasteiger charge is 2.14. The standard InChI is InChI=1S/C12H17N3OS/c17-12(13-9-11-7-4-8-16-11)15-14-10-5-2-1-3-6-10/h1-3,5-6,11,14H,4,7-9H2,(H2,13,15,17)/t11-/m0/s1. The lowest BCUT2D eigenvalue weighted by Gasteiger charge is -2.15. The number of rotatable bonds is 4. The second-order valence-electron chi connectivity index (χ2n) is 3.96. The van der Waals surface area contributed by atoms with Gasteiger partial charge in [-0.3, -0.25) is 10.9 Å². The molecule has 2 rings (SSSR count). The Hall–Kier alpha value is -1.33. The van der Waals surface area contributed by atoms with Crippen LogP contribution < -0.4 is 16.2 Å². The van der Waals surface area contributed by atoms with Crippen LogP contribution in [0.4, 0.5) is 5.69 Å². The number of anilines is 1. The molecule has 1 aliphatic heterocycles. The van der Waals surface area contributed by atoms with Crippen LogP contribution in [-0.2, 0) is 4.74 Å². The lowest BCUT2D eigenvalue weighted by molar-refractivity contribution is 0.114.